The Kier molecular flexibility index (Phi) is 2.49. The predicted octanol–water partition coefficient (Wildman–Crippen LogP) is 3.77. The standard InChI is InChI=1S/C17H16O2/c1-17(2)8-7-12-4-5-13-9-11(10-15(18)19)3-6-14(13)16(12)17/h3-9H,10H2,1-2H3,(H,18,19). The summed E-state index contributed by atoms with van der Waals surface area (Å²) in [7, 11) is 0. The molecule has 1 aliphatic carbocycles. The van der Waals surface area contributed by atoms with Crippen LogP contribution in [0.5, 0.6) is 0 Å². The first-order chi connectivity index (χ1) is 8.97. The molecule has 0 atom stereocenters. The molecule has 96 valence electrons. The predicted molar refractivity (Wildman–Crippen MR) is 77.3 cm³/mol. The first-order valence-electron chi connectivity index (χ1n) is 6.44. The Balaban J connectivity index is 2.19. The largest absolute Gasteiger partial charge is 0.481 e. The molecule has 0 aliphatic heterocycles. The molecular weight excluding hydrogens is 236 g/mol. The van der Waals surface area contributed by atoms with Crippen molar-refractivity contribution in [3.63, 3.8) is 0 Å². The zero-order chi connectivity index (χ0) is 13.6. The SMILES string of the molecule is CC1(C)C=Cc2ccc3cc(CC(=O)O)ccc3c21. The van der Waals surface area contributed by atoms with E-state index in [4.69, 9.17) is 5.11 Å². The minimum atomic E-state index is -0.789. The maximum Gasteiger partial charge on any atom is 0.307 e. The van der Waals surface area contributed by atoms with Gasteiger partial charge in [-0.25, -0.2) is 0 Å². The summed E-state index contributed by atoms with van der Waals surface area (Å²) in [5.41, 5.74) is 3.50. The van der Waals surface area contributed by atoms with Gasteiger partial charge < -0.3 is 5.11 Å². The van der Waals surface area contributed by atoms with Gasteiger partial charge in [-0.15, -0.1) is 0 Å². The van der Waals surface area contributed by atoms with Crippen LogP contribution in [-0.2, 0) is 16.6 Å². The molecule has 1 N–H and O–H groups in total. The maximum absolute atomic E-state index is 10.8. The van der Waals surface area contributed by atoms with Gasteiger partial charge in [0, 0.05) is 5.41 Å². The van der Waals surface area contributed by atoms with Gasteiger partial charge >= 0.3 is 5.97 Å². The van der Waals surface area contributed by atoms with Crippen molar-refractivity contribution in [3.05, 3.63) is 53.1 Å². The fourth-order valence-electron chi connectivity index (χ4n) is 2.92. The number of carboxylic acids is 1. The van der Waals surface area contributed by atoms with Crippen LogP contribution in [0.2, 0.25) is 0 Å². The molecule has 2 aromatic rings. The zero-order valence-corrected chi connectivity index (χ0v) is 11.1. The summed E-state index contributed by atoms with van der Waals surface area (Å²) in [5, 5.41) is 11.2. The van der Waals surface area contributed by atoms with E-state index in [2.05, 4.69) is 44.2 Å². The maximum atomic E-state index is 10.8. The quantitative estimate of drug-likeness (QED) is 0.883. The van der Waals surface area contributed by atoms with Gasteiger partial charge in [0.15, 0.2) is 0 Å². The number of hydrogen-bond donors (Lipinski definition) is 1. The van der Waals surface area contributed by atoms with Crippen molar-refractivity contribution >= 4 is 22.8 Å². The number of carboxylic acid groups (broad SMARTS) is 1. The highest BCUT2D eigenvalue weighted by atomic mass is 16.4. The molecule has 1 aliphatic rings. The van der Waals surface area contributed by atoms with E-state index in [9.17, 15) is 4.79 Å². The van der Waals surface area contributed by atoms with Crippen molar-refractivity contribution in [2.45, 2.75) is 25.7 Å². The van der Waals surface area contributed by atoms with E-state index in [0.29, 0.717) is 0 Å². The molecule has 0 unspecified atom stereocenters. The molecule has 2 heteroatoms. The first-order valence-corrected chi connectivity index (χ1v) is 6.44. The minimum Gasteiger partial charge on any atom is -0.481 e. The van der Waals surface area contributed by atoms with Crippen molar-refractivity contribution in [2.24, 2.45) is 0 Å². The van der Waals surface area contributed by atoms with Gasteiger partial charge in [-0.05, 0) is 27.5 Å². The second-order valence-corrected chi connectivity index (χ2v) is 5.71. The third kappa shape index (κ3) is 1.93. The van der Waals surface area contributed by atoms with Gasteiger partial charge in [-0.3, -0.25) is 4.79 Å². The van der Waals surface area contributed by atoms with Crippen molar-refractivity contribution in [2.75, 3.05) is 0 Å². The molecule has 0 bridgehead atoms. The third-order valence-electron chi connectivity index (χ3n) is 3.80. The average Bonchev–Trinajstić information content (AvgIpc) is 2.64. The highest BCUT2D eigenvalue weighted by molar-refractivity contribution is 5.92. The second kappa shape index (κ2) is 3.95. The molecule has 0 heterocycles. The number of rotatable bonds is 2. The van der Waals surface area contributed by atoms with Gasteiger partial charge in [0.1, 0.15) is 0 Å². The van der Waals surface area contributed by atoms with E-state index in [1.165, 1.54) is 16.5 Å². The van der Waals surface area contributed by atoms with E-state index in [-0.39, 0.29) is 11.8 Å². The molecule has 0 spiro atoms. The number of aliphatic carboxylic acids is 1. The van der Waals surface area contributed by atoms with Crippen LogP contribution in [0.15, 0.2) is 36.4 Å². The Bertz CT molecular complexity index is 709. The number of fused-ring (bicyclic) bond motifs is 3. The van der Waals surface area contributed by atoms with Crippen molar-refractivity contribution in [1.82, 2.24) is 0 Å². The Labute approximate surface area is 112 Å². The van der Waals surface area contributed by atoms with Crippen LogP contribution < -0.4 is 0 Å². The van der Waals surface area contributed by atoms with Crippen LogP contribution in [0.1, 0.15) is 30.5 Å². The lowest BCUT2D eigenvalue weighted by molar-refractivity contribution is -0.136. The summed E-state index contributed by atoms with van der Waals surface area (Å²) in [6.45, 7) is 4.42. The molecular formula is C17H16O2. The van der Waals surface area contributed by atoms with Crippen LogP contribution >= 0.6 is 0 Å². The van der Waals surface area contributed by atoms with Crippen molar-refractivity contribution < 1.29 is 9.90 Å². The fraction of sp³-hybridized carbons (Fsp3) is 0.235. The molecule has 0 saturated heterocycles. The highest BCUT2D eigenvalue weighted by Crippen LogP contribution is 2.40. The lowest BCUT2D eigenvalue weighted by atomic mass is 9.83. The summed E-state index contributed by atoms with van der Waals surface area (Å²) in [6, 6.07) is 10.2. The summed E-state index contributed by atoms with van der Waals surface area (Å²) in [4.78, 5) is 10.8. The minimum absolute atomic E-state index is 0.0448. The zero-order valence-electron chi connectivity index (χ0n) is 11.1. The second-order valence-electron chi connectivity index (χ2n) is 5.71. The van der Waals surface area contributed by atoms with Crippen molar-refractivity contribution in [1.29, 1.82) is 0 Å². The molecule has 0 saturated carbocycles. The monoisotopic (exact) mass is 252 g/mol. The van der Waals surface area contributed by atoms with Crippen molar-refractivity contribution in [3.8, 4) is 0 Å². The van der Waals surface area contributed by atoms with E-state index >= 15 is 0 Å². The Morgan fingerprint density at radius 3 is 2.74 bits per heavy atom. The van der Waals surface area contributed by atoms with Crippen LogP contribution in [0, 0.1) is 0 Å². The summed E-state index contributed by atoms with van der Waals surface area (Å²) >= 11 is 0. The Hall–Kier alpha value is -2.09. The summed E-state index contributed by atoms with van der Waals surface area (Å²) < 4.78 is 0. The third-order valence-corrected chi connectivity index (χ3v) is 3.80. The number of carbonyl (C=O) groups is 1. The molecule has 2 aromatic carbocycles. The Morgan fingerprint density at radius 2 is 2.00 bits per heavy atom. The number of benzene rings is 2. The lowest BCUT2D eigenvalue weighted by Gasteiger charge is -2.20. The molecule has 0 fully saturated rings. The topological polar surface area (TPSA) is 37.3 Å². The molecule has 0 aromatic heterocycles. The lowest BCUT2D eigenvalue weighted by Crippen LogP contribution is -2.11. The van der Waals surface area contributed by atoms with Crippen LogP contribution in [0.25, 0.3) is 16.8 Å². The molecule has 3 rings (SSSR count). The van der Waals surface area contributed by atoms with Gasteiger partial charge in [0.2, 0.25) is 0 Å². The fourth-order valence-corrected chi connectivity index (χ4v) is 2.92. The van der Waals surface area contributed by atoms with E-state index in [1.54, 1.807) is 0 Å². The van der Waals surface area contributed by atoms with Gasteiger partial charge in [-0.2, -0.15) is 0 Å². The van der Waals surface area contributed by atoms with Crippen LogP contribution in [0.4, 0.5) is 0 Å². The summed E-state index contributed by atoms with van der Waals surface area (Å²) in [6.07, 6.45) is 4.47. The van der Waals surface area contributed by atoms with Crippen LogP contribution in [-0.4, -0.2) is 11.1 Å². The smallest absolute Gasteiger partial charge is 0.307 e. The molecule has 19 heavy (non-hydrogen) atoms. The molecule has 0 amide bonds. The van der Waals surface area contributed by atoms with E-state index in [1.807, 2.05) is 12.1 Å². The number of hydrogen-bond acceptors (Lipinski definition) is 1. The molecule has 2 nitrogen and oxygen atoms in total. The Morgan fingerprint density at radius 1 is 1.21 bits per heavy atom. The highest BCUT2D eigenvalue weighted by Gasteiger charge is 2.26. The summed E-state index contributed by atoms with van der Waals surface area (Å²) in [5.74, 6) is -0.789. The normalized spacial score (nSPS) is 15.7. The van der Waals surface area contributed by atoms with Crippen LogP contribution in [0.3, 0.4) is 0 Å². The average molecular weight is 252 g/mol. The number of allylic oxidation sites excluding steroid dienone is 1. The van der Waals surface area contributed by atoms with Gasteiger partial charge in [0.05, 0.1) is 6.42 Å². The first kappa shape index (κ1) is 12.0. The van der Waals surface area contributed by atoms with E-state index < -0.39 is 5.97 Å². The van der Waals surface area contributed by atoms with Gasteiger partial charge in [-0.1, -0.05) is 56.3 Å². The van der Waals surface area contributed by atoms with E-state index in [0.717, 1.165) is 10.9 Å². The van der Waals surface area contributed by atoms with Gasteiger partial charge in [0.25, 0.3) is 0 Å². The molecule has 0 radical (unpaired) electrons.